The molecule has 2 amide bonds. The third-order valence-electron chi connectivity index (χ3n) is 4.59. The Morgan fingerprint density at radius 1 is 1.19 bits per heavy atom. The number of hydrogen-bond acceptors (Lipinski definition) is 2. The molecule has 0 aromatic heterocycles. The Bertz CT molecular complexity index is 344. The predicted octanol–water partition coefficient (Wildman–Crippen LogP) is 3.11. The molecule has 0 aromatic rings. The van der Waals surface area contributed by atoms with E-state index in [-0.39, 0.29) is 29.8 Å². The van der Waals surface area contributed by atoms with Crippen LogP contribution in [0.5, 0.6) is 0 Å². The molecular weight excluding hydrogens is 264 g/mol. The second kappa shape index (κ2) is 9.06. The van der Waals surface area contributed by atoms with Gasteiger partial charge in [-0.15, -0.1) is 0 Å². The summed E-state index contributed by atoms with van der Waals surface area (Å²) in [5.41, 5.74) is 0. The first-order valence-corrected chi connectivity index (χ1v) is 8.61. The van der Waals surface area contributed by atoms with Gasteiger partial charge in [-0.1, -0.05) is 52.9 Å². The predicted molar refractivity (Wildman–Crippen MR) is 85.9 cm³/mol. The van der Waals surface area contributed by atoms with Gasteiger partial charge in [-0.2, -0.15) is 0 Å². The lowest BCUT2D eigenvalue weighted by Crippen LogP contribution is -2.49. The van der Waals surface area contributed by atoms with Crippen LogP contribution in [0.2, 0.25) is 0 Å². The fraction of sp³-hybridized carbons (Fsp3) is 0.882. The Hall–Kier alpha value is -1.06. The molecule has 4 heteroatoms. The van der Waals surface area contributed by atoms with Gasteiger partial charge in [0.05, 0.1) is 0 Å². The summed E-state index contributed by atoms with van der Waals surface area (Å²) >= 11 is 0. The number of carbonyl (C=O) groups is 2. The zero-order chi connectivity index (χ0) is 15.8. The number of rotatable bonds is 8. The van der Waals surface area contributed by atoms with Gasteiger partial charge in [0.2, 0.25) is 11.8 Å². The van der Waals surface area contributed by atoms with Crippen molar-refractivity contribution in [2.24, 2.45) is 5.92 Å². The van der Waals surface area contributed by atoms with E-state index >= 15 is 0 Å². The average Bonchev–Trinajstić information content (AvgIpc) is 2.56. The van der Waals surface area contributed by atoms with E-state index in [9.17, 15) is 9.59 Å². The molecule has 1 aliphatic rings. The summed E-state index contributed by atoms with van der Waals surface area (Å²) in [6.45, 7) is 9.08. The summed E-state index contributed by atoms with van der Waals surface area (Å²) in [5, 5.41) is 2.92. The van der Waals surface area contributed by atoms with Crippen molar-refractivity contribution in [3.8, 4) is 0 Å². The van der Waals surface area contributed by atoms with Crippen LogP contribution in [0.15, 0.2) is 0 Å². The summed E-state index contributed by atoms with van der Waals surface area (Å²) in [4.78, 5) is 26.6. The van der Waals surface area contributed by atoms with Gasteiger partial charge in [-0.25, -0.2) is 0 Å². The highest BCUT2D eigenvalue weighted by Gasteiger charge is 2.35. The lowest BCUT2D eigenvalue weighted by molar-refractivity contribution is -0.136. The fourth-order valence-corrected chi connectivity index (χ4v) is 2.91. The second-order valence-corrected chi connectivity index (χ2v) is 6.43. The first kappa shape index (κ1) is 18.0. The number of nitrogens with zero attached hydrogens (tertiary/aromatic N) is 1. The monoisotopic (exact) mass is 296 g/mol. The first-order valence-electron chi connectivity index (χ1n) is 8.61. The number of amides is 2. The van der Waals surface area contributed by atoms with E-state index in [0.717, 1.165) is 19.4 Å². The minimum absolute atomic E-state index is 0.00892. The molecule has 4 nitrogen and oxygen atoms in total. The Balaban J connectivity index is 2.65. The van der Waals surface area contributed by atoms with Crippen LogP contribution < -0.4 is 5.32 Å². The summed E-state index contributed by atoms with van der Waals surface area (Å²) < 4.78 is 0. The average molecular weight is 296 g/mol. The minimum atomic E-state index is -0.344. The van der Waals surface area contributed by atoms with Crippen LogP contribution in [-0.2, 0) is 9.59 Å². The molecule has 122 valence electrons. The van der Waals surface area contributed by atoms with Gasteiger partial charge < -0.3 is 10.2 Å². The van der Waals surface area contributed by atoms with Crippen LogP contribution in [0.4, 0.5) is 0 Å². The third kappa shape index (κ3) is 5.33. The molecule has 0 saturated carbocycles. The molecule has 1 saturated heterocycles. The van der Waals surface area contributed by atoms with Crippen molar-refractivity contribution < 1.29 is 9.59 Å². The van der Waals surface area contributed by atoms with E-state index in [4.69, 9.17) is 0 Å². The fourth-order valence-electron chi connectivity index (χ4n) is 2.91. The van der Waals surface area contributed by atoms with Crippen molar-refractivity contribution in [2.45, 2.75) is 84.7 Å². The van der Waals surface area contributed by atoms with Gasteiger partial charge in [0, 0.05) is 19.0 Å². The molecule has 0 bridgehead atoms. The summed E-state index contributed by atoms with van der Waals surface area (Å²) in [7, 11) is 0. The summed E-state index contributed by atoms with van der Waals surface area (Å²) in [6, 6.07) is -0.333. The quantitative estimate of drug-likeness (QED) is 0.700. The van der Waals surface area contributed by atoms with Gasteiger partial charge >= 0.3 is 0 Å². The van der Waals surface area contributed by atoms with Crippen molar-refractivity contribution >= 4 is 11.8 Å². The van der Waals surface area contributed by atoms with E-state index in [1.54, 1.807) is 0 Å². The molecule has 0 radical (unpaired) electrons. The number of hydrogen-bond donors (Lipinski definition) is 1. The Kier molecular flexibility index (Phi) is 7.76. The molecule has 3 unspecified atom stereocenters. The van der Waals surface area contributed by atoms with Crippen molar-refractivity contribution in [3.05, 3.63) is 0 Å². The molecule has 3 atom stereocenters. The smallest absolute Gasteiger partial charge is 0.245 e. The van der Waals surface area contributed by atoms with Crippen LogP contribution in [-0.4, -0.2) is 35.3 Å². The van der Waals surface area contributed by atoms with Crippen LogP contribution in [0.25, 0.3) is 0 Å². The standard InChI is InChI=1S/C17H32N2O2/c1-5-7-8-9-10-11-19-14(4)12-15(20)18-16(17(19)21)13(3)6-2/h13-14,16H,5-12H2,1-4H3,(H,18,20). The van der Waals surface area contributed by atoms with Gasteiger partial charge in [-0.05, 0) is 19.3 Å². The van der Waals surface area contributed by atoms with E-state index in [2.05, 4.69) is 19.2 Å². The Morgan fingerprint density at radius 3 is 2.48 bits per heavy atom. The van der Waals surface area contributed by atoms with E-state index in [1.807, 2.05) is 18.7 Å². The number of carbonyl (C=O) groups excluding carboxylic acids is 2. The molecule has 0 aliphatic carbocycles. The van der Waals surface area contributed by atoms with E-state index < -0.39 is 0 Å². The maximum Gasteiger partial charge on any atom is 0.245 e. The largest absolute Gasteiger partial charge is 0.344 e. The van der Waals surface area contributed by atoms with Crippen LogP contribution in [0.3, 0.4) is 0 Å². The topological polar surface area (TPSA) is 49.4 Å². The zero-order valence-electron chi connectivity index (χ0n) is 14.2. The Morgan fingerprint density at radius 2 is 1.86 bits per heavy atom. The van der Waals surface area contributed by atoms with E-state index in [1.165, 1.54) is 25.7 Å². The minimum Gasteiger partial charge on any atom is -0.344 e. The highest BCUT2D eigenvalue weighted by molar-refractivity contribution is 5.90. The number of nitrogens with one attached hydrogen (secondary N) is 1. The second-order valence-electron chi connectivity index (χ2n) is 6.43. The highest BCUT2D eigenvalue weighted by atomic mass is 16.2. The molecule has 0 aromatic carbocycles. The normalized spacial score (nSPS) is 24.7. The summed E-state index contributed by atoms with van der Waals surface area (Å²) in [6.07, 6.45) is 7.26. The SMILES string of the molecule is CCCCCCCN1C(=O)C(C(C)CC)NC(=O)CC1C. The van der Waals surface area contributed by atoms with Gasteiger partial charge in [0.15, 0.2) is 0 Å². The Labute approximate surface area is 129 Å². The van der Waals surface area contributed by atoms with Crippen molar-refractivity contribution in [1.82, 2.24) is 10.2 Å². The maximum absolute atomic E-state index is 12.7. The van der Waals surface area contributed by atoms with Gasteiger partial charge in [0.1, 0.15) is 6.04 Å². The molecule has 0 spiro atoms. The van der Waals surface area contributed by atoms with Gasteiger partial charge in [0.25, 0.3) is 0 Å². The van der Waals surface area contributed by atoms with E-state index in [0.29, 0.717) is 6.42 Å². The van der Waals surface area contributed by atoms with Crippen molar-refractivity contribution in [3.63, 3.8) is 0 Å². The van der Waals surface area contributed by atoms with Crippen molar-refractivity contribution in [1.29, 1.82) is 0 Å². The van der Waals surface area contributed by atoms with Crippen molar-refractivity contribution in [2.75, 3.05) is 6.54 Å². The van der Waals surface area contributed by atoms with Crippen LogP contribution in [0.1, 0.15) is 72.6 Å². The molecule has 1 rings (SSSR count). The summed E-state index contributed by atoms with van der Waals surface area (Å²) in [5.74, 6) is 0.308. The highest BCUT2D eigenvalue weighted by Crippen LogP contribution is 2.19. The van der Waals surface area contributed by atoms with Gasteiger partial charge in [-0.3, -0.25) is 9.59 Å². The van der Waals surface area contributed by atoms with Crippen LogP contribution in [0, 0.1) is 5.92 Å². The molecule has 1 heterocycles. The molecular formula is C17H32N2O2. The number of unbranched alkanes of at least 4 members (excludes halogenated alkanes) is 4. The lowest BCUT2D eigenvalue weighted by atomic mass is 9.98. The maximum atomic E-state index is 12.7. The third-order valence-corrected chi connectivity index (χ3v) is 4.59. The zero-order valence-corrected chi connectivity index (χ0v) is 14.2. The molecule has 21 heavy (non-hydrogen) atoms. The first-order chi connectivity index (χ1) is 10.0. The lowest BCUT2D eigenvalue weighted by Gasteiger charge is -2.30. The molecule has 1 aliphatic heterocycles. The molecule has 1 N–H and O–H groups in total. The molecule has 1 fully saturated rings. The van der Waals surface area contributed by atoms with Crippen LogP contribution >= 0.6 is 0 Å².